The SMILES string of the molecule is [B]C(C)(C)S(=O)(=O)c1ccc(B2OC(C)(C)C(C)(C)O2)cc1. The Kier molecular flexibility index (Phi) is 4.08. The van der Waals surface area contributed by atoms with Crippen molar-refractivity contribution < 1.29 is 17.7 Å². The summed E-state index contributed by atoms with van der Waals surface area (Å²) in [7, 11) is 1.67. The van der Waals surface area contributed by atoms with Gasteiger partial charge in [0.15, 0.2) is 9.84 Å². The van der Waals surface area contributed by atoms with E-state index in [0.29, 0.717) is 0 Å². The van der Waals surface area contributed by atoms with Gasteiger partial charge in [-0.05, 0) is 45.3 Å². The van der Waals surface area contributed by atoms with Gasteiger partial charge in [-0.2, -0.15) is 0 Å². The van der Waals surface area contributed by atoms with Crippen molar-refractivity contribution in [3.8, 4) is 0 Å². The summed E-state index contributed by atoms with van der Waals surface area (Å²) in [5.41, 5.74) is -0.0732. The van der Waals surface area contributed by atoms with Gasteiger partial charge < -0.3 is 9.31 Å². The molecule has 2 radical (unpaired) electrons. The lowest BCUT2D eigenvalue weighted by molar-refractivity contribution is 0.00578. The fourth-order valence-corrected chi connectivity index (χ4v) is 3.19. The maximum Gasteiger partial charge on any atom is 0.494 e. The first-order valence-electron chi connectivity index (χ1n) is 7.27. The Hall–Kier alpha value is -0.780. The summed E-state index contributed by atoms with van der Waals surface area (Å²) >= 11 is 0. The second-order valence-electron chi connectivity index (χ2n) is 7.26. The van der Waals surface area contributed by atoms with E-state index in [-0.39, 0.29) is 4.90 Å². The van der Waals surface area contributed by atoms with Gasteiger partial charge in [-0.25, -0.2) is 8.42 Å². The zero-order valence-corrected chi connectivity index (χ0v) is 14.8. The van der Waals surface area contributed by atoms with Crippen LogP contribution in [0.15, 0.2) is 29.2 Å². The van der Waals surface area contributed by atoms with Crippen LogP contribution in [0.4, 0.5) is 0 Å². The van der Waals surface area contributed by atoms with Crippen LogP contribution >= 0.6 is 0 Å². The van der Waals surface area contributed by atoms with Crippen LogP contribution in [0.1, 0.15) is 41.5 Å². The van der Waals surface area contributed by atoms with Crippen molar-refractivity contribution in [2.45, 2.75) is 62.3 Å². The highest BCUT2D eigenvalue weighted by Gasteiger charge is 2.51. The summed E-state index contributed by atoms with van der Waals surface area (Å²) < 4.78 is 35.2. The van der Waals surface area contributed by atoms with Crippen LogP contribution in [0.5, 0.6) is 0 Å². The van der Waals surface area contributed by atoms with Crippen molar-refractivity contribution >= 4 is 30.3 Å². The fourth-order valence-electron chi connectivity index (χ4n) is 2.09. The second kappa shape index (κ2) is 5.11. The molecule has 0 bridgehead atoms. The molecule has 1 aromatic rings. The monoisotopic (exact) mass is 320 g/mol. The average Bonchev–Trinajstić information content (AvgIpc) is 2.57. The van der Waals surface area contributed by atoms with Crippen LogP contribution in [0, 0.1) is 0 Å². The van der Waals surface area contributed by atoms with E-state index in [1.807, 2.05) is 27.7 Å². The predicted octanol–water partition coefficient (Wildman–Crippen LogP) is 1.66. The molecule has 1 aliphatic rings. The van der Waals surface area contributed by atoms with E-state index in [9.17, 15) is 8.42 Å². The van der Waals surface area contributed by atoms with Crippen molar-refractivity contribution in [2.75, 3.05) is 0 Å². The first-order chi connectivity index (χ1) is 9.78. The molecular weight excluding hydrogens is 298 g/mol. The topological polar surface area (TPSA) is 52.6 Å². The first-order valence-corrected chi connectivity index (χ1v) is 8.75. The molecular formula is C15H22B2O4S. The van der Waals surface area contributed by atoms with Gasteiger partial charge in [0.1, 0.15) is 0 Å². The summed E-state index contributed by atoms with van der Waals surface area (Å²) in [6, 6.07) is 6.51. The Morgan fingerprint density at radius 2 is 1.41 bits per heavy atom. The third-order valence-corrected chi connectivity index (χ3v) is 6.69. The summed E-state index contributed by atoms with van der Waals surface area (Å²) in [6.45, 7) is 10.9. The van der Waals surface area contributed by atoms with Crippen molar-refractivity contribution in [2.24, 2.45) is 0 Å². The standard InChI is InChI=1S/C15H22B2O4S/c1-13(2)14(3,4)21-17(20-13)11-7-9-12(10-8-11)22(18,19)15(5,6)16/h7-10H,1-6H3. The lowest BCUT2D eigenvalue weighted by Gasteiger charge is -2.32. The minimum Gasteiger partial charge on any atom is -0.399 e. The van der Waals surface area contributed by atoms with Gasteiger partial charge in [-0.15, -0.1) is 0 Å². The molecule has 0 spiro atoms. The molecule has 0 N–H and O–H groups in total. The van der Waals surface area contributed by atoms with Gasteiger partial charge >= 0.3 is 7.12 Å². The summed E-state index contributed by atoms with van der Waals surface area (Å²) in [5.74, 6) is 0. The van der Waals surface area contributed by atoms with E-state index in [0.717, 1.165) is 5.46 Å². The molecule has 0 aromatic heterocycles. The van der Waals surface area contributed by atoms with E-state index in [4.69, 9.17) is 17.2 Å². The number of benzene rings is 1. The molecule has 22 heavy (non-hydrogen) atoms. The summed E-state index contributed by atoms with van der Waals surface area (Å²) in [4.78, 5) is 0.195. The van der Waals surface area contributed by atoms with Gasteiger partial charge in [-0.1, -0.05) is 26.0 Å². The van der Waals surface area contributed by atoms with Gasteiger partial charge in [0.05, 0.1) is 23.9 Å². The van der Waals surface area contributed by atoms with Gasteiger partial charge in [-0.3, -0.25) is 0 Å². The quantitative estimate of drug-likeness (QED) is 0.795. The average molecular weight is 320 g/mol. The Morgan fingerprint density at radius 3 is 1.77 bits per heavy atom. The molecule has 0 unspecified atom stereocenters. The van der Waals surface area contributed by atoms with Crippen LogP contribution in [-0.4, -0.2) is 39.2 Å². The molecule has 1 aromatic carbocycles. The Balaban J connectivity index is 2.29. The van der Waals surface area contributed by atoms with E-state index in [2.05, 4.69) is 0 Å². The van der Waals surface area contributed by atoms with E-state index >= 15 is 0 Å². The third kappa shape index (κ3) is 2.86. The van der Waals surface area contributed by atoms with E-state index < -0.39 is 32.8 Å². The highest BCUT2D eigenvalue weighted by Crippen LogP contribution is 2.36. The Bertz CT molecular complexity index is 642. The Labute approximate surface area is 135 Å². The zero-order valence-electron chi connectivity index (χ0n) is 14.0. The maximum atomic E-state index is 12.3. The predicted molar refractivity (Wildman–Crippen MR) is 89.2 cm³/mol. The van der Waals surface area contributed by atoms with Crippen LogP contribution < -0.4 is 5.46 Å². The molecule has 1 fully saturated rings. The first kappa shape index (κ1) is 17.6. The molecule has 118 valence electrons. The number of rotatable bonds is 3. The van der Waals surface area contributed by atoms with Crippen LogP contribution in [-0.2, 0) is 19.1 Å². The van der Waals surface area contributed by atoms with E-state index in [1.165, 1.54) is 13.8 Å². The lowest BCUT2D eigenvalue weighted by atomic mass is 9.79. The third-order valence-electron chi connectivity index (χ3n) is 4.41. The normalized spacial score (nSPS) is 21.1. The second-order valence-corrected chi connectivity index (χ2v) is 9.79. The fraction of sp³-hybridized carbons (Fsp3) is 0.600. The van der Waals surface area contributed by atoms with E-state index in [1.54, 1.807) is 24.3 Å². The summed E-state index contributed by atoms with van der Waals surface area (Å²) in [5, 5.41) is 0. The van der Waals surface area contributed by atoms with Crippen molar-refractivity contribution in [1.29, 1.82) is 0 Å². The number of hydrogen-bond acceptors (Lipinski definition) is 4. The molecule has 7 heteroatoms. The van der Waals surface area contributed by atoms with Gasteiger partial charge in [0, 0.05) is 4.65 Å². The van der Waals surface area contributed by atoms with Crippen molar-refractivity contribution in [3.05, 3.63) is 24.3 Å². The van der Waals surface area contributed by atoms with Crippen LogP contribution in [0.2, 0.25) is 0 Å². The smallest absolute Gasteiger partial charge is 0.399 e. The molecule has 4 nitrogen and oxygen atoms in total. The van der Waals surface area contributed by atoms with Gasteiger partial charge in [0.2, 0.25) is 0 Å². The highest BCUT2D eigenvalue weighted by molar-refractivity contribution is 7.94. The molecule has 1 saturated heterocycles. The molecule has 0 saturated carbocycles. The molecule has 0 aliphatic carbocycles. The molecule has 1 heterocycles. The van der Waals surface area contributed by atoms with Crippen molar-refractivity contribution in [3.63, 3.8) is 0 Å². The van der Waals surface area contributed by atoms with Gasteiger partial charge in [0.25, 0.3) is 0 Å². The minimum absolute atomic E-state index is 0.195. The largest absolute Gasteiger partial charge is 0.494 e. The van der Waals surface area contributed by atoms with Crippen LogP contribution in [0.3, 0.4) is 0 Å². The molecule has 0 amide bonds. The highest BCUT2D eigenvalue weighted by atomic mass is 32.2. The zero-order chi connectivity index (χ0) is 17.0. The number of sulfone groups is 1. The summed E-state index contributed by atoms with van der Waals surface area (Å²) in [6.07, 6.45) is 0. The molecule has 2 rings (SSSR count). The molecule has 0 atom stereocenters. The lowest BCUT2D eigenvalue weighted by Crippen LogP contribution is -2.41. The molecule has 1 aliphatic heterocycles. The maximum absolute atomic E-state index is 12.3. The Morgan fingerprint density at radius 1 is 1.00 bits per heavy atom. The van der Waals surface area contributed by atoms with Crippen LogP contribution in [0.25, 0.3) is 0 Å². The van der Waals surface area contributed by atoms with Crippen molar-refractivity contribution in [1.82, 2.24) is 0 Å². The number of hydrogen-bond donors (Lipinski definition) is 0. The minimum atomic E-state index is -3.57.